The van der Waals surface area contributed by atoms with Crippen LogP contribution in [0.25, 0.3) is 0 Å². The molecular weight excluding hydrogens is 308 g/mol. The van der Waals surface area contributed by atoms with E-state index in [9.17, 15) is 4.79 Å². The largest absolute Gasteiger partial charge is 0.317 e. The molecule has 2 aliphatic heterocycles. The molecule has 0 aromatic heterocycles. The molecule has 2 fully saturated rings. The second-order valence-corrected chi connectivity index (χ2v) is 7.54. The SMILES string of the molecule is Cc1cc(C)c2c(c1)N(C(=O)C1CC13CCNCC3)CCC2.Cl. The van der Waals surface area contributed by atoms with Gasteiger partial charge in [0.15, 0.2) is 0 Å². The summed E-state index contributed by atoms with van der Waals surface area (Å²) in [5.74, 6) is 0.675. The molecule has 126 valence electrons. The van der Waals surface area contributed by atoms with Crippen molar-refractivity contribution in [3.05, 3.63) is 28.8 Å². The zero-order valence-electron chi connectivity index (χ0n) is 14.2. The van der Waals surface area contributed by atoms with Crippen LogP contribution in [0.1, 0.15) is 42.4 Å². The molecule has 1 spiro atoms. The van der Waals surface area contributed by atoms with Crippen LogP contribution in [0.4, 0.5) is 5.69 Å². The Balaban J connectivity index is 0.00000156. The first-order valence-electron chi connectivity index (χ1n) is 8.73. The van der Waals surface area contributed by atoms with Crippen LogP contribution >= 0.6 is 12.4 Å². The molecule has 2 heterocycles. The number of amides is 1. The van der Waals surface area contributed by atoms with E-state index in [-0.39, 0.29) is 18.3 Å². The fourth-order valence-corrected chi connectivity index (χ4v) is 4.67. The van der Waals surface area contributed by atoms with E-state index < -0.39 is 0 Å². The molecule has 1 aromatic carbocycles. The minimum atomic E-state index is 0. The summed E-state index contributed by atoms with van der Waals surface area (Å²) < 4.78 is 0. The van der Waals surface area contributed by atoms with Gasteiger partial charge in [0, 0.05) is 18.2 Å². The van der Waals surface area contributed by atoms with Gasteiger partial charge in [-0.2, -0.15) is 0 Å². The van der Waals surface area contributed by atoms with E-state index in [0.717, 1.165) is 38.9 Å². The van der Waals surface area contributed by atoms with E-state index in [0.29, 0.717) is 11.3 Å². The Kier molecular flexibility index (Phi) is 4.45. The topological polar surface area (TPSA) is 32.3 Å². The van der Waals surface area contributed by atoms with Gasteiger partial charge in [0.2, 0.25) is 5.91 Å². The molecule has 1 saturated carbocycles. The molecule has 3 aliphatic rings. The molecule has 1 aromatic rings. The van der Waals surface area contributed by atoms with Gasteiger partial charge in [-0.25, -0.2) is 0 Å². The van der Waals surface area contributed by atoms with E-state index in [2.05, 4.69) is 36.2 Å². The van der Waals surface area contributed by atoms with Crippen molar-refractivity contribution in [2.75, 3.05) is 24.5 Å². The molecule has 1 unspecified atom stereocenters. The number of hydrogen-bond donors (Lipinski definition) is 1. The average Bonchev–Trinajstić information content (AvgIpc) is 3.20. The number of aryl methyl sites for hydroxylation is 2. The van der Waals surface area contributed by atoms with Gasteiger partial charge in [-0.3, -0.25) is 4.79 Å². The Labute approximate surface area is 145 Å². The molecule has 1 saturated heterocycles. The number of nitrogens with one attached hydrogen (secondary N) is 1. The third-order valence-corrected chi connectivity index (χ3v) is 6.05. The Hall–Kier alpha value is -1.06. The highest BCUT2D eigenvalue weighted by Crippen LogP contribution is 2.59. The van der Waals surface area contributed by atoms with E-state index in [4.69, 9.17) is 0 Å². The number of rotatable bonds is 1. The van der Waals surface area contributed by atoms with Gasteiger partial charge in [-0.15, -0.1) is 12.4 Å². The maximum Gasteiger partial charge on any atom is 0.230 e. The normalized spacial score (nSPS) is 24.8. The summed E-state index contributed by atoms with van der Waals surface area (Å²) in [4.78, 5) is 15.2. The second-order valence-electron chi connectivity index (χ2n) is 7.54. The maximum atomic E-state index is 13.1. The van der Waals surface area contributed by atoms with Crippen molar-refractivity contribution in [3.8, 4) is 0 Å². The van der Waals surface area contributed by atoms with Crippen molar-refractivity contribution in [1.82, 2.24) is 5.32 Å². The summed E-state index contributed by atoms with van der Waals surface area (Å²) in [7, 11) is 0. The van der Waals surface area contributed by atoms with Crippen molar-refractivity contribution < 1.29 is 4.79 Å². The van der Waals surface area contributed by atoms with Crippen LogP contribution in [0.15, 0.2) is 12.1 Å². The van der Waals surface area contributed by atoms with Crippen molar-refractivity contribution >= 4 is 24.0 Å². The van der Waals surface area contributed by atoms with Gasteiger partial charge in [-0.05, 0) is 87.2 Å². The van der Waals surface area contributed by atoms with Crippen LogP contribution in [0.3, 0.4) is 0 Å². The molecule has 4 heteroatoms. The zero-order valence-corrected chi connectivity index (χ0v) is 15.0. The summed E-state index contributed by atoms with van der Waals surface area (Å²) in [5, 5.41) is 3.43. The van der Waals surface area contributed by atoms with E-state index >= 15 is 0 Å². The van der Waals surface area contributed by atoms with Crippen molar-refractivity contribution in [3.63, 3.8) is 0 Å². The first kappa shape index (κ1) is 16.8. The lowest BCUT2D eigenvalue weighted by Crippen LogP contribution is -2.39. The monoisotopic (exact) mass is 334 g/mol. The molecule has 4 rings (SSSR count). The highest BCUT2D eigenvalue weighted by Gasteiger charge is 2.58. The van der Waals surface area contributed by atoms with Gasteiger partial charge in [-0.1, -0.05) is 6.07 Å². The number of hydrogen-bond acceptors (Lipinski definition) is 2. The van der Waals surface area contributed by atoms with Gasteiger partial charge < -0.3 is 10.2 Å². The van der Waals surface area contributed by atoms with Crippen LogP contribution in [-0.4, -0.2) is 25.5 Å². The number of carbonyl (C=O) groups is 1. The molecular formula is C19H27ClN2O. The fraction of sp³-hybridized carbons (Fsp3) is 0.632. The predicted molar refractivity (Wildman–Crippen MR) is 96.5 cm³/mol. The number of halogens is 1. The first-order valence-corrected chi connectivity index (χ1v) is 8.73. The molecule has 3 nitrogen and oxygen atoms in total. The lowest BCUT2D eigenvalue weighted by atomic mass is 9.90. The Morgan fingerprint density at radius 1 is 1.26 bits per heavy atom. The van der Waals surface area contributed by atoms with Crippen molar-refractivity contribution in [1.29, 1.82) is 0 Å². The van der Waals surface area contributed by atoms with Crippen LogP contribution in [0.2, 0.25) is 0 Å². The third kappa shape index (κ3) is 2.78. The number of carbonyl (C=O) groups excluding carboxylic acids is 1. The standard InChI is InChI=1S/C19H26N2O.ClH/c1-13-10-14(2)15-4-3-9-21(17(15)11-13)18(22)16-12-19(16)5-7-20-8-6-19;/h10-11,16,20H,3-9,12H2,1-2H3;1H. The summed E-state index contributed by atoms with van der Waals surface area (Å²) >= 11 is 0. The maximum absolute atomic E-state index is 13.1. The van der Waals surface area contributed by atoms with Crippen molar-refractivity contribution in [2.24, 2.45) is 11.3 Å². The zero-order chi connectivity index (χ0) is 15.3. The number of fused-ring (bicyclic) bond motifs is 1. The lowest BCUT2D eigenvalue weighted by molar-refractivity contribution is -0.120. The minimum Gasteiger partial charge on any atom is -0.317 e. The molecule has 1 aliphatic carbocycles. The first-order chi connectivity index (χ1) is 10.6. The van der Waals surface area contributed by atoms with Crippen LogP contribution in [0.5, 0.6) is 0 Å². The lowest BCUT2D eigenvalue weighted by Gasteiger charge is -2.32. The van der Waals surface area contributed by atoms with Crippen LogP contribution in [0, 0.1) is 25.2 Å². The second kappa shape index (κ2) is 6.10. The summed E-state index contributed by atoms with van der Waals surface area (Å²) in [6.07, 6.45) is 5.69. The van der Waals surface area contributed by atoms with Crippen LogP contribution < -0.4 is 10.2 Å². The van der Waals surface area contributed by atoms with Crippen molar-refractivity contribution in [2.45, 2.75) is 46.0 Å². The van der Waals surface area contributed by atoms with Gasteiger partial charge in [0.25, 0.3) is 0 Å². The van der Waals surface area contributed by atoms with Gasteiger partial charge in [0.05, 0.1) is 0 Å². The highest BCUT2D eigenvalue weighted by atomic mass is 35.5. The summed E-state index contributed by atoms with van der Waals surface area (Å²) in [6, 6.07) is 4.47. The van der Waals surface area contributed by atoms with E-state index in [1.165, 1.54) is 35.2 Å². The molecule has 1 amide bonds. The molecule has 0 radical (unpaired) electrons. The van der Waals surface area contributed by atoms with Crippen LogP contribution in [-0.2, 0) is 11.2 Å². The summed E-state index contributed by atoms with van der Waals surface area (Å²) in [5.41, 5.74) is 5.54. The van der Waals surface area contributed by atoms with E-state index in [1.807, 2.05) is 0 Å². The third-order valence-electron chi connectivity index (χ3n) is 6.05. The minimum absolute atomic E-state index is 0. The molecule has 1 atom stereocenters. The van der Waals surface area contributed by atoms with Gasteiger partial charge in [0.1, 0.15) is 0 Å². The van der Waals surface area contributed by atoms with E-state index in [1.54, 1.807) is 0 Å². The predicted octanol–water partition coefficient (Wildman–Crippen LogP) is 3.39. The Bertz CT molecular complexity index is 622. The number of benzene rings is 1. The quantitative estimate of drug-likeness (QED) is 0.853. The molecule has 0 bridgehead atoms. The number of nitrogens with zero attached hydrogens (tertiary/aromatic N) is 1. The fourth-order valence-electron chi connectivity index (χ4n) is 4.67. The number of anilines is 1. The number of piperidine rings is 1. The summed E-state index contributed by atoms with van der Waals surface area (Å²) in [6.45, 7) is 7.39. The van der Waals surface area contributed by atoms with Gasteiger partial charge >= 0.3 is 0 Å². The Morgan fingerprint density at radius 2 is 2.00 bits per heavy atom. The molecule has 1 N–H and O–H groups in total. The average molecular weight is 335 g/mol. The highest BCUT2D eigenvalue weighted by molar-refractivity contribution is 5.98. The molecule has 23 heavy (non-hydrogen) atoms. The smallest absolute Gasteiger partial charge is 0.230 e. The Morgan fingerprint density at radius 3 is 2.74 bits per heavy atom.